The van der Waals surface area contributed by atoms with Gasteiger partial charge in [0.15, 0.2) is 0 Å². The lowest BCUT2D eigenvalue weighted by Gasteiger charge is -2.18. The van der Waals surface area contributed by atoms with E-state index in [-0.39, 0.29) is 0 Å². The fourth-order valence-electron chi connectivity index (χ4n) is 1.71. The molecule has 1 rings (SSSR count). The maximum absolute atomic E-state index is 5.29. The number of hydrogen-bond donors (Lipinski definition) is 1. The third kappa shape index (κ3) is 3.37. The maximum Gasteiger partial charge on any atom is 0.0329 e. The molecule has 80 valence electrons. The summed E-state index contributed by atoms with van der Waals surface area (Å²) >= 11 is 3.47. The van der Waals surface area contributed by atoms with Crippen LogP contribution in [0.25, 0.3) is 0 Å². The summed E-state index contributed by atoms with van der Waals surface area (Å²) in [5.41, 5.74) is 2.62. The Balaban J connectivity index is 2.87. The lowest BCUT2D eigenvalue weighted by molar-refractivity contribution is 0.556. The van der Waals surface area contributed by atoms with Gasteiger partial charge in [0.2, 0.25) is 0 Å². The third-order valence-electron chi connectivity index (χ3n) is 2.53. The van der Waals surface area contributed by atoms with Crippen LogP contribution >= 0.6 is 15.9 Å². The molecule has 1 aromatic carbocycles. The van der Waals surface area contributed by atoms with Crippen LogP contribution in [0.15, 0.2) is 22.7 Å². The van der Waals surface area contributed by atoms with Crippen LogP contribution in [0.5, 0.6) is 0 Å². The van der Waals surface area contributed by atoms with Crippen LogP contribution in [0.2, 0.25) is 0 Å². The van der Waals surface area contributed by atoms with Crippen LogP contribution in [-0.2, 0) is 0 Å². The van der Waals surface area contributed by atoms with Gasteiger partial charge < -0.3 is 5.32 Å². The van der Waals surface area contributed by atoms with Crippen molar-refractivity contribution in [1.82, 2.24) is 5.32 Å². The predicted molar refractivity (Wildman–Crippen MR) is 68.7 cm³/mol. The van der Waals surface area contributed by atoms with Crippen molar-refractivity contribution in [2.45, 2.75) is 25.8 Å². The van der Waals surface area contributed by atoms with Crippen molar-refractivity contribution in [2.75, 3.05) is 7.05 Å². The molecule has 1 nitrogen and oxygen atoms in total. The van der Waals surface area contributed by atoms with Gasteiger partial charge in [0.25, 0.3) is 0 Å². The van der Waals surface area contributed by atoms with Crippen molar-refractivity contribution in [3.8, 4) is 12.3 Å². The zero-order valence-corrected chi connectivity index (χ0v) is 10.8. The van der Waals surface area contributed by atoms with Crippen molar-refractivity contribution < 1.29 is 0 Å². The Morgan fingerprint density at radius 2 is 2.27 bits per heavy atom. The molecule has 0 aromatic heterocycles. The fourth-order valence-corrected chi connectivity index (χ4v) is 2.19. The Hall–Kier alpha value is -0.780. The topological polar surface area (TPSA) is 12.0 Å². The summed E-state index contributed by atoms with van der Waals surface area (Å²) < 4.78 is 1.12. The van der Waals surface area contributed by atoms with Crippen LogP contribution in [0.3, 0.4) is 0 Å². The molecule has 15 heavy (non-hydrogen) atoms. The molecule has 0 aliphatic rings. The molecule has 1 N–H and O–H groups in total. The molecule has 0 saturated carbocycles. The van der Waals surface area contributed by atoms with Crippen molar-refractivity contribution in [3.63, 3.8) is 0 Å². The van der Waals surface area contributed by atoms with Crippen molar-refractivity contribution in [2.24, 2.45) is 0 Å². The minimum Gasteiger partial charge on any atom is -0.313 e. The Bertz CT molecular complexity index is 365. The van der Waals surface area contributed by atoms with Crippen LogP contribution in [0.4, 0.5) is 0 Å². The average Bonchev–Trinajstić information content (AvgIpc) is 2.21. The lowest BCUT2D eigenvalue weighted by Crippen LogP contribution is -2.17. The highest BCUT2D eigenvalue weighted by Gasteiger charge is 2.10. The van der Waals surface area contributed by atoms with E-state index in [0.717, 1.165) is 17.3 Å². The molecule has 0 spiro atoms. The average molecular weight is 266 g/mol. The van der Waals surface area contributed by atoms with Crippen molar-refractivity contribution >= 4 is 15.9 Å². The van der Waals surface area contributed by atoms with Gasteiger partial charge >= 0.3 is 0 Å². The van der Waals surface area contributed by atoms with Gasteiger partial charge in [-0.2, -0.15) is 0 Å². The Morgan fingerprint density at radius 1 is 1.53 bits per heavy atom. The molecule has 0 bridgehead atoms. The van der Waals surface area contributed by atoms with E-state index in [1.54, 1.807) is 0 Å². The van der Waals surface area contributed by atoms with Gasteiger partial charge in [-0.3, -0.25) is 0 Å². The summed E-state index contributed by atoms with van der Waals surface area (Å²) in [5, 5.41) is 3.30. The molecule has 0 aliphatic heterocycles. The highest BCUT2D eigenvalue weighted by Crippen LogP contribution is 2.24. The summed E-state index contributed by atoms with van der Waals surface area (Å²) in [6, 6.07) is 6.71. The van der Waals surface area contributed by atoms with Gasteiger partial charge in [0, 0.05) is 16.9 Å². The first-order valence-corrected chi connectivity index (χ1v) is 5.85. The first-order valence-electron chi connectivity index (χ1n) is 5.05. The van der Waals surface area contributed by atoms with Crippen LogP contribution in [-0.4, -0.2) is 7.05 Å². The van der Waals surface area contributed by atoms with Gasteiger partial charge in [-0.1, -0.05) is 22.0 Å². The molecule has 0 amide bonds. The molecule has 0 radical (unpaired) electrons. The molecular formula is C13H16BrN. The Morgan fingerprint density at radius 3 is 2.80 bits per heavy atom. The number of halogens is 1. The minimum absolute atomic E-state index is 0.356. The monoisotopic (exact) mass is 265 g/mol. The number of aryl methyl sites for hydroxylation is 1. The summed E-state index contributed by atoms with van der Waals surface area (Å²) in [6.45, 7) is 2.13. The van der Waals surface area contributed by atoms with E-state index in [1.807, 2.05) is 7.05 Å². The van der Waals surface area contributed by atoms with E-state index < -0.39 is 0 Å². The molecular weight excluding hydrogens is 250 g/mol. The fraction of sp³-hybridized carbons (Fsp3) is 0.385. The second-order valence-corrected chi connectivity index (χ2v) is 4.50. The minimum atomic E-state index is 0.356. The number of hydrogen-bond acceptors (Lipinski definition) is 1. The number of terminal acetylenes is 1. The van der Waals surface area contributed by atoms with Gasteiger partial charge in [-0.05, 0) is 43.7 Å². The first kappa shape index (κ1) is 12.3. The van der Waals surface area contributed by atoms with Gasteiger partial charge in [-0.15, -0.1) is 12.3 Å². The molecule has 1 unspecified atom stereocenters. The lowest BCUT2D eigenvalue weighted by atomic mass is 9.98. The second kappa shape index (κ2) is 5.95. The van der Waals surface area contributed by atoms with Crippen LogP contribution in [0, 0.1) is 19.3 Å². The molecule has 1 atom stereocenters. The summed E-state index contributed by atoms with van der Waals surface area (Å²) in [6.07, 6.45) is 7.07. The molecule has 2 heteroatoms. The number of rotatable bonds is 4. The van der Waals surface area contributed by atoms with E-state index in [0.29, 0.717) is 6.04 Å². The summed E-state index contributed by atoms with van der Waals surface area (Å²) in [4.78, 5) is 0. The maximum atomic E-state index is 5.29. The Kier molecular flexibility index (Phi) is 4.87. The van der Waals surface area contributed by atoms with Crippen LogP contribution < -0.4 is 5.32 Å². The standard InChI is InChI=1S/C13H16BrN/c1-4-5-6-13(15-3)12-8-7-11(14)9-10(12)2/h1,7-9,13,15H,5-6H2,2-3H3. The Labute approximate surface area is 100 Å². The van der Waals surface area contributed by atoms with Gasteiger partial charge in [0.05, 0.1) is 0 Å². The van der Waals surface area contributed by atoms with Crippen LogP contribution in [0.1, 0.15) is 30.0 Å². The van der Waals surface area contributed by atoms with E-state index in [1.165, 1.54) is 11.1 Å². The molecule has 0 fully saturated rings. The largest absolute Gasteiger partial charge is 0.313 e. The van der Waals surface area contributed by atoms with Crippen molar-refractivity contribution in [3.05, 3.63) is 33.8 Å². The summed E-state index contributed by atoms with van der Waals surface area (Å²) in [5.74, 6) is 2.68. The van der Waals surface area contributed by atoms with E-state index in [2.05, 4.69) is 52.3 Å². The molecule has 0 aliphatic carbocycles. The first-order chi connectivity index (χ1) is 7.19. The summed E-state index contributed by atoms with van der Waals surface area (Å²) in [7, 11) is 1.97. The van der Waals surface area contributed by atoms with E-state index in [4.69, 9.17) is 6.42 Å². The number of nitrogens with one attached hydrogen (secondary N) is 1. The smallest absolute Gasteiger partial charge is 0.0329 e. The molecule has 0 saturated heterocycles. The molecule has 0 heterocycles. The normalized spacial score (nSPS) is 12.1. The SMILES string of the molecule is C#CCCC(NC)c1ccc(Br)cc1C. The highest BCUT2D eigenvalue weighted by atomic mass is 79.9. The van der Waals surface area contributed by atoms with E-state index in [9.17, 15) is 0 Å². The molecule has 1 aromatic rings. The third-order valence-corrected chi connectivity index (χ3v) is 3.03. The van der Waals surface area contributed by atoms with E-state index >= 15 is 0 Å². The van der Waals surface area contributed by atoms with Gasteiger partial charge in [0.1, 0.15) is 0 Å². The van der Waals surface area contributed by atoms with Crippen molar-refractivity contribution in [1.29, 1.82) is 0 Å². The predicted octanol–water partition coefficient (Wildman–Crippen LogP) is 3.43. The van der Waals surface area contributed by atoms with Gasteiger partial charge in [-0.25, -0.2) is 0 Å². The zero-order valence-electron chi connectivity index (χ0n) is 9.18. The highest BCUT2D eigenvalue weighted by molar-refractivity contribution is 9.10. The quantitative estimate of drug-likeness (QED) is 0.823. The zero-order chi connectivity index (χ0) is 11.3. The second-order valence-electron chi connectivity index (χ2n) is 3.58. The number of benzene rings is 1.